The van der Waals surface area contributed by atoms with Gasteiger partial charge in [0.25, 0.3) is 6.43 Å². The third kappa shape index (κ3) is 3.13. The van der Waals surface area contributed by atoms with Crippen LogP contribution in [0.3, 0.4) is 0 Å². The molecular weight excluding hydrogens is 391 g/mol. The van der Waals surface area contributed by atoms with Crippen LogP contribution in [0.25, 0.3) is 16.6 Å². The van der Waals surface area contributed by atoms with E-state index in [0.29, 0.717) is 16.6 Å². The lowest BCUT2D eigenvalue weighted by Gasteiger charge is -2.29. The summed E-state index contributed by atoms with van der Waals surface area (Å²) in [5.74, 6) is -2.76. The Hall–Kier alpha value is -3.91. The number of allylic oxidation sites excluding steroid dienone is 1. The lowest BCUT2D eigenvalue weighted by molar-refractivity contribution is 0.219. The molecule has 1 aliphatic heterocycles. The highest BCUT2D eigenvalue weighted by atomic mass is 19.3. The molecule has 0 radical (unpaired) electrons. The first-order valence-corrected chi connectivity index (χ1v) is 9.05. The summed E-state index contributed by atoms with van der Waals surface area (Å²) in [6.07, 6.45) is -2.98. The molecule has 1 aromatic heterocycles. The van der Waals surface area contributed by atoms with Gasteiger partial charge in [0.05, 0.1) is 28.9 Å². The zero-order chi connectivity index (χ0) is 21.4. The molecule has 2 aromatic carbocycles. The number of nitrogens with zero attached hydrogens (tertiary/aromatic N) is 4. The van der Waals surface area contributed by atoms with Crippen LogP contribution < -0.4 is 0 Å². The molecule has 0 aliphatic carbocycles. The van der Waals surface area contributed by atoms with Crippen molar-refractivity contribution in [2.75, 3.05) is 0 Å². The van der Waals surface area contributed by atoms with Gasteiger partial charge < -0.3 is 0 Å². The summed E-state index contributed by atoms with van der Waals surface area (Å²) in [5.41, 5.74) is 1.82. The minimum Gasteiger partial charge on any atom is -0.282 e. The number of aromatic amines is 1. The first-order valence-electron chi connectivity index (χ1n) is 9.05. The highest BCUT2D eigenvalue weighted by Crippen LogP contribution is 2.43. The summed E-state index contributed by atoms with van der Waals surface area (Å²) in [6.45, 7) is 1.82. The molecule has 0 spiro atoms. The molecule has 8 heteroatoms. The van der Waals surface area contributed by atoms with E-state index in [1.165, 1.54) is 24.3 Å². The summed E-state index contributed by atoms with van der Waals surface area (Å²) in [4.78, 5) is 3.99. The highest BCUT2D eigenvalue weighted by Gasteiger charge is 2.40. The van der Waals surface area contributed by atoms with Gasteiger partial charge in [-0.25, -0.2) is 18.2 Å². The molecule has 1 aliphatic rings. The molecule has 148 valence electrons. The number of rotatable bonds is 3. The van der Waals surface area contributed by atoms with Crippen LogP contribution in [-0.2, 0) is 0 Å². The number of hydrogen-bond acceptors (Lipinski definition) is 4. The molecule has 2 unspecified atom stereocenters. The number of H-pyrrole nitrogens is 1. The lowest BCUT2D eigenvalue weighted by Crippen LogP contribution is -2.31. The van der Waals surface area contributed by atoms with E-state index in [0.717, 1.165) is 11.1 Å². The van der Waals surface area contributed by atoms with Crippen LogP contribution in [0.2, 0.25) is 0 Å². The number of fused-ring (bicyclic) bond motifs is 1. The summed E-state index contributed by atoms with van der Waals surface area (Å²) < 4.78 is 41.0. The normalized spacial score (nSPS) is 19.0. The van der Waals surface area contributed by atoms with Crippen LogP contribution in [0.15, 0.2) is 53.0 Å². The minimum absolute atomic E-state index is 0.0216. The van der Waals surface area contributed by atoms with Gasteiger partial charge in [0.2, 0.25) is 0 Å². The second-order valence-corrected chi connectivity index (χ2v) is 6.93. The van der Waals surface area contributed by atoms with Crippen molar-refractivity contribution >= 4 is 22.3 Å². The Morgan fingerprint density at radius 3 is 2.47 bits per heavy atom. The van der Waals surface area contributed by atoms with E-state index in [9.17, 15) is 23.7 Å². The van der Waals surface area contributed by atoms with Crippen molar-refractivity contribution in [1.29, 1.82) is 10.5 Å². The first-order chi connectivity index (χ1) is 14.4. The van der Waals surface area contributed by atoms with Crippen LogP contribution in [0.1, 0.15) is 22.7 Å². The van der Waals surface area contributed by atoms with E-state index >= 15 is 0 Å². The fourth-order valence-electron chi connectivity index (χ4n) is 3.73. The topological polar surface area (TPSA) is 88.6 Å². The monoisotopic (exact) mass is 405 g/mol. The summed E-state index contributed by atoms with van der Waals surface area (Å²) in [6, 6.07) is 14.2. The maximum Gasteiger partial charge on any atom is 0.277 e. The molecule has 2 heterocycles. The summed E-state index contributed by atoms with van der Waals surface area (Å²) >= 11 is 0. The Bertz CT molecular complexity index is 1270. The van der Waals surface area contributed by atoms with Crippen LogP contribution >= 0.6 is 0 Å². The van der Waals surface area contributed by atoms with Gasteiger partial charge in [-0.1, -0.05) is 6.07 Å². The molecule has 3 aromatic rings. The van der Waals surface area contributed by atoms with Crippen molar-refractivity contribution in [2.45, 2.75) is 19.3 Å². The van der Waals surface area contributed by atoms with Crippen LogP contribution in [0, 0.1) is 41.3 Å². The van der Waals surface area contributed by atoms with Gasteiger partial charge in [-0.2, -0.15) is 15.6 Å². The second kappa shape index (κ2) is 7.49. The molecule has 1 N–H and O–H groups in total. The van der Waals surface area contributed by atoms with Gasteiger partial charge in [0.1, 0.15) is 17.4 Å². The van der Waals surface area contributed by atoms with E-state index in [4.69, 9.17) is 0 Å². The fraction of sp³-hybridized carbons (Fsp3) is 0.182. The van der Waals surface area contributed by atoms with Crippen molar-refractivity contribution in [2.24, 2.45) is 10.9 Å². The Balaban J connectivity index is 1.98. The average molecular weight is 405 g/mol. The van der Waals surface area contributed by atoms with Gasteiger partial charge >= 0.3 is 0 Å². The maximum atomic E-state index is 13.8. The molecule has 4 rings (SSSR count). The number of halogens is 3. The number of aliphatic imine (C=N–C) groups is 1. The van der Waals surface area contributed by atoms with Crippen LogP contribution in [0.4, 0.5) is 13.2 Å². The molecule has 0 fully saturated rings. The molecule has 0 saturated heterocycles. The number of benzene rings is 2. The zero-order valence-electron chi connectivity index (χ0n) is 15.7. The number of aromatic nitrogens is 2. The maximum absolute atomic E-state index is 13.8. The van der Waals surface area contributed by atoms with Gasteiger partial charge in [0.15, 0.2) is 0 Å². The Labute approximate surface area is 169 Å². The van der Waals surface area contributed by atoms with Gasteiger partial charge in [-0.3, -0.25) is 5.10 Å². The number of nitriles is 2. The Morgan fingerprint density at radius 2 is 1.83 bits per heavy atom. The predicted octanol–water partition coefficient (Wildman–Crippen LogP) is 4.89. The summed E-state index contributed by atoms with van der Waals surface area (Å²) in [7, 11) is 0. The van der Waals surface area contributed by atoms with E-state index in [-0.39, 0.29) is 11.3 Å². The molecule has 2 atom stereocenters. The molecule has 0 saturated carbocycles. The summed E-state index contributed by atoms with van der Waals surface area (Å²) in [5, 5.41) is 27.4. The van der Waals surface area contributed by atoms with Crippen LogP contribution in [0.5, 0.6) is 0 Å². The average Bonchev–Trinajstić information content (AvgIpc) is 3.12. The second-order valence-electron chi connectivity index (χ2n) is 6.93. The highest BCUT2D eigenvalue weighted by molar-refractivity contribution is 6.00. The first kappa shape index (κ1) is 19.4. The predicted molar refractivity (Wildman–Crippen MR) is 105 cm³/mol. The molecule has 0 bridgehead atoms. The van der Waals surface area contributed by atoms with Crippen LogP contribution in [-0.4, -0.2) is 22.3 Å². The molecule has 30 heavy (non-hydrogen) atoms. The molecule has 5 nitrogen and oxygen atoms in total. The zero-order valence-corrected chi connectivity index (χ0v) is 15.7. The largest absolute Gasteiger partial charge is 0.282 e. The van der Waals surface area contributed by atoms with Gasteiger partial charge in [0, 0.05) is 22.6 Å². The van der Waals surface area contributed by atoms with Gasteiger partial charge in [-0.05, 0) is 48.9 Å². The lowest BCUT2D eigenvalue weighted by atomic mass is 9.75. The van der Waals surface area contributed by atoms with Gasteiger partial charge in [-0.15, -0.1) is 0 Å². The SMILES string of the molecule is Cc1[nH]nc2ccc(C3C(C#N)=C(c4ccc(F)cc4)N=C(C(F)F)C3C#N)cc12. The number of hydrogen-bond donors (Lipinski definition) is 1. The number of nitrogens with one attached hydrogen (secondary N) is 1. The van der Waals surface area contributed by atoms with E-state index < -0.39 is 29.8 Å². The third-order valence-electron chi connectivity index (χ3n) is 5.19. The van der Waals surface area contributed by atoms with E-state index in [2.05, 4.69) is 21.3 Å². The minimum atomic E-state index is -2.98. The van der Waals surface area contributed by atoms with Crippen molar-refractivity contribution in [1.82, 2.24) is 10.2 Å². The van der Waals surface area contributed by atoms with Crippen molar-refractivity contribution in [3.8, 4) is 12.1 Å². The molecule has 0 amide bonds. The smallest absolute Gasteiger partial charge is 0.277 e. The number of alkyl halides is 2. The van der Waals surface area contributed by atoms with E-state index in [1.54, 1.807) is 18.2 Å². The van der Waals surface area contributed by atoms with Crippen molar-refractivity contribution in [3.05, 3.63) is 70.7 Å². The molecular formula is C22H14F3N5. The standard InChI is InChI=1S/C22H14F3N5/c1-11-15-8-13(4-7-18(15)30-29-11)19-16(9-26)20(12-2-5-14(23)6-3-12)28-21(22(24)25)17(19)10-27/h2-8,17,19,22H,1H3,(H,29,30). The van der Waals surface area contributed by atoms with Crippen molar-refractivity contribution in [3.63, 3.8) is 0 Å². The Kier molecular flexibility index (Phi) is 4.85. The quantitative estimate of drug-likeness (QED) is 0.673. The third-order valence-corrected chi connectivity index (χ3v) is 5.19. The number of aryl methyl sites for hydroxylation is 1. The fourth-order valence-corrected chi connectivity index (χ4v) is 3.73. The van der Waals surface area contributed by atoms with Crippen molar-refractivity contribution < 1.29 is 13.2 Å². The van der Waals surface area contributed by atoms with E-state index in [1.807, 2.05) is 13.0 Å². The Morgan fingerprint density at radius 1 is 1.10 bits per heavy atom.